The Kier molecular flexibility index (Phi) is 3.19. The number of carbonyl (C=O) groups excluding carboxylic acids is 2. The Bertz CT molecular complexity index is 92.5. The van der Waals surface area contributed by atoms with Gasteiger partial charge in [0.25, 0.3) is 0 Å². The van der Waals surface area contributed by atoms with Crippen molar-refractivity contribution in [3.8, 4) is 11.8 Å². The maximum atomic E-state index is 9.23. The normalized spacial score (nSPS) is 4.67. The Hall–Kier alpha value is -1.10. The minimum Gasteiger partial charge on any atom is -0.289 e. The molecular weight excluding hydrogens is 80.0 g/mol. The first-order valence-corrected chi connectivity index (χ1v) is 1.30. The fraction of sp³-hybridized carbons (Fsp3) is 0. The molecule has 0 aromatic heterocycles. The molecule has 0 bridgehead atoms. The van der Waals surface area contributed by atoms with Gasteiger partial charge in [0.2, 0.25) is 0 Å². The Morgan fingerprint density at radius 3 is 1.50 bits per heavy atom. The van der Waals surface area contributed by atoms with Gasteiger partial charge in [-0.2, -0.15) is 0 Å². The van der Waals surface area contributed by atoms with E-state index in [0.29, 0.717) is 12.6 Å². The molecule has 0 rings (SSSR count). The summed E-state index contributed by atoms with van der Waals surface area (Å²) in [6.45, 7) is 0. The van der Waals surface area contributed by atoms with Crippen LogP contribution in [0.2, 0.25) is 0 Å². The number of rotatable bonds is 0. The van der Waals surface area contributed by atoms with Crippen LogP contribution in [0.4, 0.5) is 0 Å². The number of aldehydes is 2. The van der Waals surface area contributed by atoms with Crippen molar-refractivity contribution in [1.82, 2.24) is 0 Å². The zero-order valence-corrected chi connectivity index (χ0v) is 2.97. The molecule has 0 aliphatic heterocycles. The van der Waals surface area contributed by atoms with Gasteiger partial charge in [0, 0.05) is 0 Å². The van der Waals surface area contributed by atoms with Gasteiger partial charge in [0.05, 0.1) is 0 Å². The summed E-state index contributed by atoms with van der Waals surface area (Å²) in [5.74, 6) is 3.80. The zero-order chi connectivity index (χ0) is 4.83. The molecule has 2 heteroatoms. The number of carbonyl (C=O) groups is 2. The Labute approximate surface area is 35.2 Å². The number of hydrogen-bond donors (Lipinski definition) is 0. The van der Waals surface area contributed by atoms with Crippen molar-refractivity contribution < 1.29 is 9.59 Å². The molecule has 0 aromatic rings. The Morgan fingerprint density at radius 2 is 1.33 bits per heavy atom. The highest BCUT2D eigenvalue weighted by molar-refractivity contribution is 5.83. The van der Waals surface area contributed by atoms with Crippen LogP contribution in [0, 0.1) is 11.8 Å². The van der Waals surface area contributed by atoms with Gasteiger partial charge in [-0.05, 0) is 11.8 Å². The summed E-state index contributed by atoms with van der Waals surface area (Å²) in [7, 11) is 0. The highest BCUT2D eigenvalue weighted by Crippen LogP contribution is 1.35. The third-order valence-electron chi connectivity index (χ3n) is 0.201. The van der Waals surface area contributed by atoms with Crippen molar-refractivity contribution in [2.24, 2.45) is 0 Å². The molecule has 0 aromatic carbocycles. The lowest BCUT2D eigenvalue weighted by molar-refractivity contribution is -0.104. The van der Waals surface area contributed by atoms with Crippen molar-refractivity contribution >= 4 is 12.6 Å². The quantitative estimate of drug-likeness (QED) is 0.288. The maximum absolute atomic E-state index is 9.23. The van der Waals surface area contributed by atoms with Crippen molar-refractivity contribution in [3.63, 3.8) is 0 Å². The van der Waals surface area contributed by atoms with E-state index in [1.807, 2.05) is 11.8 Å². The summed E-state index contributed by atoms with van der Waals surface area (Å²) >= 11 is 0. The van der Waals surface area contributed by atoms with E-state index in [1.165, 1.54) is 0 Å². The molecule has 0 amide bonds. The molecule has 0 atom stereocenters. The van der Waals surface area contributed by atoms with Crippen LogP contribution >= 0.6 is 0 Å². The first-order valence-electron chi connectivity index (χ1n) is 1.30. The molecule has 0 aliphatic carbocycles. The molecule has 0 saturated carbocycles. The topological polar surface area (TPSA) is 34.1 Å². The summed E-state index contributed by atoms with van der Waals surface area (Å²) in [5.41, 5.74) is 0. The van der Waals surface area contributed by atoms with Crippen LogP contribution < -0.4 is 0 Å². The van der Waals surface area contributed by atoms with Crippen LogP contribution in [0.25, 0.3) is 0 Å². The van der Waals surface area contributed by atoms with Gasteiger partial charge in [-0.1, -0.05) is 0 Å². The first-order chi connectivity index (χ1) is 2.91. The maximum Gasteiger partial charge on any atom is 0.193 e. The van der Waals surface area contributed by atoms with Crippen molar-refractivity contribution in [3.05, 3.63) is 0 Å². The van der Waals surface area contributed by atoms with Crippen LogP contribution in [0.15, 0.2) is 0 Å². The van der Waals surface area contributed by atoms with Crippen LogP contribution in [0.1, 0.15) is 0 Å². The lowest BCUT2D eigenvalue weighted by Crippen LogP contribution is -1.60. The number of hydrogen-bond acceptors (Lipinski definition) is 2. The molecular formula is C4H2O2. The molecule has 0 aliphatic rings. The predicted octanol–water partition coefficient (Wildman–Crippen LogP) is -0.612. The Morgan fingerprint density at radius 1 is 1.00 bits per heavy atom. The molecule has 0 saturated heterocycles. The monoisotopic (exact) mass is 82.0 g/mol. The third-order valence-corrected chi connectivity index (χ3v) is 0.201. The minimum atomic E-state index is 0.369. The second kappa shape index (κ2) is 3.90. The summed E-state index contributed by atoms with van der Waals surface area (Å²) in [4.78, 5) is 18.5. The molecule has 6 heavy (non-hydrogen) atoms. The average molecular weight is 82.1 g/mol. The molecule has 2 nitrogen and oxygen atoms in total. The van der Waals surface area contributed by atoms with Crippen molar-refractivity contribution in [2.75, 3.05) is 0 Å². The summed E-state index contributed by atoms with van der Waals surface area (Å²) in [5, 5.41) is 0. The highest BCUT2D eigenvalue weighted by Gasteiger charge is 1.52. The second-order valence-corrected chi connectivity index (χ2v) is 0.524. The Balaban J connectivity index is 3.39. The van der Waals surface area contributed by atoms with Crippen LogP contribution in [-0.4, -0.2) is 12.6 Å². The molecule has 0 unspecified atom stereocenters. The largest absolute Gasteiger partial charge is 0.289 e. The highest BCUT2D eigenvalue weighted by atomic mass is 16.1. The summed E-state index contributed by atoms with van der Waals surface area (Å²) in [6, 6.07) is 0. The van der Waals surface area contributed by atoms with Crippen LogP contribution in [0.3, 0.4) is 0 Å². The molecule has 0 spiro atoms. The molecule has 0 heterocycles. The van der Waals surface area contributed by atoms with E-state index >= 15 is 0 Å². The van der Waals surface area contributed by atoms with Crippen molar-refractivity contribution in [2.45, 2.75) is 0 Å². The van der Waals surface area contributed by atoms with E-state index in [9.17, 15) is 9.59 Å². The van der Waals surface area contributed by atoms with E-state index in [-0.39, 0.29) is 0 Å². The lowest BCUT2D eigenvalue weighted by atomic mass is 10.6. The fourth-order valence-electron chi connectivity index (χ4n) is 0.0680. The first kappa shape index (κ1) is 4.90. The molecule has 0 N–H and O–H groups in total. The van der Waals surface area contributed by atoms with Gasteiger partial charge in [0.15, 0.2) is 12.6 Å². The lowest BCUT2D eigenvalue weighted by Gasteiger charge is -1.44. The summed E-state index contributed by atoms with van der Waals surface area (Å²) in [6.07, 6.45) is 0.739. The average Bonchev–Trinajstić information content (AvgIpc) is 1.61. The van der Waals surface area contributed by atoms with Gasteiger partial charge in [-0.15, -0.1) is 0 Å². The molecule has 30 valence electrons. The smallest absolute Gasteiger partial charge is 0.193 e. The van der Waals surface area contributed by atoms with E-state index in [4.69, 9.17) is 0 Å². The van der Waals surface area contributed by atoms with Gasteiger partial charge >= 0.3 is 0 Å². The van der Waals surface area contributed by atoms with E-state index in [1.54, 1.807) is 0 Å². The van der Waals surface area contributed by atoms with Gasteiger partial charge in [-0.3, -0.25) is 9.59 Å². The standard InChI is InChI=1S/C4H2O2/c5-3-1-2-4-6/h3-4H. The van der Waals surface area contributed by atoms with E-state index in [0.717, 1.165) is 0 Å². The van der Waals surface area contributed by atoms with Crippen molar-refractivity contribution in [1.29, 1.82) is 0 Å². The predicted molar refractivity (Wildman–Crippen MR) is 19.9 cm³/mol. The van der Waals surface area contributed by atoms with Crippen LogP contribution in [0.5, 0.6) is 0 Å². The van der Waals surface area contributed by atoms with Crippen LogP contribution in [-0.2, 0) is 9.59 Å². The fourth-order valence-corrected chi connectivity index (χ4v) is 0.0680. The van der Waals surface area contributed by atoms with Gasteiger partial charge in [0.1, 0.15) is 0 Å². The summed E-state index contributed by atoms with van der Waals surface area (Å²) < 4.78 is 0. The van der Waals surface area contributed by atoms with Gasteiger partial charge < -0.3 is 0 Å². The molecule has 0 radical (unpaired) electrons. The third kappa shape index (κ3) is 2.90. The minimum absolute atomic E-state index is 0.369. The van der Waals surface area contributed by atoms with Gasteiger partial charge in [-0.25, -0.2) is 0 Å². The SMILES string of the molecule is O=CC#CC=O. The van der Waals surface area contributed by atoms with E-state index < -0.39 is 0 Å². The molecule has 0 fully saturated rings. The zero-order valence-electron chi connectivity index (χ0n) is 2.97. The van der Waals surface area contributed by atoms with E-state index in [2.05, 4.69) is 0 Å². The second-order valence-electron chi connectivity index (χ2n) is 0.524.